The van der Waals surface area contributed by atoms with Gasteiger partial charge in [-0.15, -0.1) is 0 Å². The lowest BCUT2D eigenvalue weighted by molar-refractivity contribution is -0.109. The number of unbranched alkanes of at least 4 members (excludes halogenated alkanes) is 3. The maximum absolute atomic E-state index is 10.2. The lowest BCUT2D eigenvalue weighted by atomic mass is 10.1. The first-order valence-corrected chi connectivity index (χ1v) is 5.51. The number of nitrogens with one attached hydrogen (secondary N) is 1. The van der Waals surface area contributed by atoms with Gasteiger partial charge in [-0.05, 0) is 19.3 Å². The Morgan fingerprint density at radius 3 is 2.87 bits per heavy atom. The minimum atomic E-state index is -0.266. The van der Waals surface area contributed by atoms with Gasteiger partial charge in [0.15, 0.2) is 0 Å². The fourth-order valence-corrected chi connectivity index (χ4v) is 1.54. The number of carbonyl (C=O) groups is 1. The van der Waals surface area contributed by atoms with E-state index in [0.29, 0.717) is 0 Å². The Morgan fingerprint density at radius 1 is 1.40 bits per heavy atom. The molecule has 4 nitrogen and oxygen atoms in total. The van der Waals surface area contributed by atoms with E-state index >= 15 is 0 Å². The molecule has 0 saturated carbocycles. The molecule has 1 rings (SSSR count). The van der Waals surface area contributed by atoms with E-state index in [1.807, 2.05) is 6.20 Å². The molecule has 1 aromatic heterocycles. The molecule has 1 aromatic rings. The standard InChI is InChI=1S/C11H19N3O/c12-10(8-15)5-3-1-2-4-6-11-7-13-9-14-11/h7-10H,1-6,12H2,(H,13,14). The van der Waals surface area contributed by atoms with Gasteiger partial charge in [0.05, 0.1) is 12.4 Å². The topological polar surface area (TPSA) is 71.8 Å². The second-order valence-electron chi connectivity index (χ2n) is 3.83. The third kappa shape index (κ3) is 5.32. The van der Waals surface area contributed by atoms with Crippen LogP contribution in [0.15, 0.2) is 12.5 Å². The molecular formula is C11H19N3O. The smallest absolute Gasteiger partial charge is 0.136 e. The molecule has 0 radical (unpaired) electrons. The van der Waals surface area contributed by atoms with Gasteiger partial charge >= 0.3 is 0 Å². The number of hydrogen-bond donors (Lipinski definition) is 2. The summed E-state index contributed by atoms with van der Waals surface area (Å²) in [4.78, 5) is 17.3. The van der Waals surface area contributed by atoms with Crippen LogP contribution in [-0.4, -0.2) is 22.3 Å². The number of carbonyl (C=O) groups excluding carboxylic acids is 1. The Balaban J connectivity index is 1.91. The molecule has 0 aliphatic rings. The Labute approximate surface area is 90.3 Å². The molecule has 15 heavy (non-hydrogen) atoms. The summed E-state index contributed by atoms with van der Waals surface area (Å²) in [6, 6.07) is -0.266. The summed E-state index contributed by atoms with van der Waals surface area (Å²) < 4.78 is 0. The average molecular weight is 209 g/mol. The van der Waals surface area contributed by atoms with Crippen LogP contribution in [0.2, 0.25) is 0 Å². The van der Waals surface area contributed by atoms with Gasteiger partial charge in [0.25, 0.3) is 0 Å². The van der Waals surface area contributed by atoms with Crippen molar-refractivity contribution < 1.29 is 4.79 Å². The van der Waals surface area contributed by atoms with Gasteiger partial charge in [-0.3, -0.25) is 0 Å². The molecule has 4 heteroatoms. The Kier molecular flexibility index (Phi) is 5.70. The third-order valence-electron chi connectivity index (χ3n) is 2.46. The monoisotopic (exact) mass is 209 g/mol. The van der Waals surface area contributed by atoms with Gasteiger partial charge < -0.3 is 15.5 Å². The van der Waals surface area contributed by atoms with E-state index in [1.165, 1.54) is 18.5 Å². The average Bonchev–Trinajstić information content (AvgIpc) is 2.75. The lowest BCUT2D eigenvalue weighted by Gasteiger charge is -2.03. The van der Waals surface area contributed by atoms with Crippen LogP contribution in [0.1, 0.15) is 37.8 Å². The number of imidazole rings is 1. The van der Waals surface area contributed by atoms with Crippen molar-refractivity contribution in [2.24, 2.45) is 5.73 Å². The highest BCUT2D eigenvalue weighted by atomic mass is 16.1. The number of H-pyrrole nitrogens is 1. The van der Waals surface area contributed by atoms with Crippen molar-refractivity contribution in [1.82, 2.24) is 9.97 Å². The first-order valence-electron chi connectivity index (χ1n) is 5.51. The number of aromatic nitrogens is 2. The van der Waals surface area contributed by atoms with Gasteiger partial charge in [0, 0.05) is 11.9 Å². The zero-order valence-corrected chi connectivity index (χ0v) is 8.98. The molecule has 3 N–H and O–H groups in total. The maximum atomic E-state index is 10.2. The van der Waals surface area contributed by atoms with Crippen LogP contribution in [0.5, 0.6) is 0 Å². The first-order chi connectivity index (χ1) is 7.33. The Bertz CT molecular complexity index is 259. The van der Waals surface area contributed by atoms with Crippen LogP contribution < -0.4 is 5.73 Å². The fraction of sp³-hybridized carbons (Fsp3) is 0.636. The minimum absolute atomic E-state index is 0.266. The highest BCUT2D eigenvalue weighted by Gasteiger charge is 1.99. The Hall–Kier alpha value is -1.16. The summed E-state index contributed by atoms with van der Waals surface area (Å²) in [7, 11) is 0. The van der Waals surface area contributed by atoms with Crippen LogP contribution in [-0.2, 0) is 11.2 Å². The SMILES string of the molecule is NC(C=O)CCCCCCc1cnc[nH]1. The predicted octanol–water partition coefficient (Wildman–Crippen LogP) is 1.43. The van der Waals surface area contributed by atoms with Gasteiger partial charge in [0.1, 0.15) is 6.29 Å². The van der Waals surface area contributed by atoms with Crippen LogP contribution in [0.3, 0.4) is 0 Å². The fourth-order valence-electron chi connectivity index (χ4n) is 1.54. The molecule has 0 aliphatic carbocycles. The summed E-state index contributed by atoms with van der Waals surface area (Å²) in [5.41, 5.74) is 6.68. The first kappa shape index (κ1) is 11.9. The molecule has 0 saturated heterocycles. The van der Waals surface area contributed by atoms with Crippen LogP contribution in [0.4, 0.5) is 0 Å². The molecule has 0 amide bonds. The summed E-state index contributed by atoms with van der Waals surface area (Å²) in [6.07, 6.45) is 10.8. The largest absolute Gasteiger partial charge is 0.348 e. The van der Waals surface area contributed by atoms with Gasteiger partial charge in [-0.2, -0.15) is 0 Å². The summed E-state index contributed by atoms with van der Waals surface area (Å²) in [5.74, 6) is 0. The molecule has 1 atom stereocenters. The molecule has 84 valence electrons. The van der Waals surface area contributed by atoms with Crippen molar-refractivity contribution in [1.29, 1.82) is 0 Å². The number of nitrogens with zero attached hydrogens (tertiary/aromatic N) is 1. The molecule has 1 heterocycles. The molecule has 0 bridgehead atoms. The molecule has 0 fully saturated rings. The van der Waals surface area contributed by atoms with Gasteiger partial charge in [0.2, 0.25) is 0 Å². The summed E-state index contributed by atoms with van der Waals surface area (Å²) in [6.45, 7) is 0. The molecule has 0 spiro atoms. The van der Waals surface area contributed by atoms with Crippen molar-refractivity contribution in [3.8, 4) is 0 Å². The summed E-state index contributed by atoms with van der Waals surface area (Å²) >= 11 is 0. The van der Waals surface area contributed by atoms with E-state index < -0.39 is 0 Å². The third-order valence-corrected chi connectivity index (χ3v) is 2.46. The molecule has 1 unspecified atom stereocenters. The van der Waals surface area contributed by atoms with Crippen molar-refractivity contribution >= 4 is 6.29 Å². The van der Waals surface area contributed by atoms with Gasteiger partial charge in [-0.1, -0.05) is 19.3 Å². The van der Waals surface area contributed by atoms with E-state index in [0.717, 1.165) is 32.0 Å². The van der Waals surface area contributed by atoms with Crippen molar-refractivity contribution in [2.45, 2.75) is 44.6 Å². The normalized spacial score (nSPS) is 12.6. The second kappa shape index (κ2) is 7.17. The number of nitrogens with two attached hydrogens (primary N) is 1. The number of aryl methyl sites for hydroxylation is 1. The van der Waals surface area contributed by atoms with E-state index in [4.69, 9.17) is 5.73 Å². The van der Waals surface area contributed by atoms with Crippen LogP contribution >= 0.6 is 0 Å². The highest BCUT2D eigenvalue weighted by Crippen LogP contribution is 2.07. The van der Waals surface area contributed by atoms with Crippen LogP contribution in [0.25, 0.3) is 0 Å². The predicted molar refractivity (Wildman–Crippen MR) is 59.4 cm³/mol. The second-order valence-corrected chi connectivity index (χ2v) is 3.83. The summed E-state index contributed by atoms with van der Waals surface area (Å²) in [5, 5.41) is 0. The van der Waals surface area contributed by atoms with Crippen LogP contribution in [0, 0.1) is 0 Å². The molecular weight excluding hydrogens is 190 g/mol. The highest BCUT2D eigenvalue weighted by molar-refractivity contribution is 5.56. The van der Waals surface area contributed by atoms with E-state index in [9.17, 15) is 4.79 Å². The maximum Gasteiger partial charge on any atom is 0.136 e. The number of aromatic amines is 1. The van der Waals surface area contributed by atoms with Crippen molar-refractivity contribution in [3.05, 3.63) is 18.2 Å². The zero-order chi connectivity index (χ0) is 10.9. The zero-order valence-electron chi connectivity index (χ0n) is 8.98. The van der Waals surface area contributed by atoms with Gasteiger partial charge in [-0.25, -0.2) is 4.98 Å². The number of rotatable bonds is 8. The van der Waals surface area contributed by atoms with Crippen molar-refractivity contribution in [3.63, 3.8) is 0 Å². The lowest BCUT2D eigenvalue weighted by Crippen LogP contribution is -2.20. The van der Waals surface area contributed by atoms with E-state index in [2.05, 4.69) is 9.97 Å². The van der Waals surface area contributed by atoms with E-state index in [-0.39, 0.29) is 6.04 Å². The minimum Gasteiger partial charge on any atom is -0.348 e. The van der Waals surface area contributed by atoms with E-state index in [1.54, 1.807) is 6.33 Å². The quantitative estimate of drug-likeness (QED) is 0.502. The van der Waals surface area contributed by atoms with Crippen molar-refractivity contribution in [2.75, 3.05) is 0 Å². The number of aldehydes is 1. The molecule has 0 aromatic carbocycles. The molecule has 0 aliphatic heterocycles. The Morgan fingerprint density at radius 2 is 2.20 bits per heavy atom. The number of hydrogen-bond acceptors (Lipinski definition) is 3.